The molecule has 1 rings (SSSR count). The van der Waals surface area contributed by atoms with Gasteiger partial charge < -0.3 is 35.3 Å². The number of carbonyl (C=O) groups is 3. The molecule has 0 heterocycles. The average Bonchev–Trinajstić information content (AvgIpc) is 2.76. The number of likely N-dealkylation sites (N-methyl/N-ethyl adjacent to an activating group) is 1. The Hall–Kier alpha value is -0.0800. The van der Waals surface area contributed by atoms with E-state index >= 15 is 0 Å². The number of aliphatic hydroxyl groups is 4. The van der Waals surface area contributed by atoms with Crippen LogP contribution in [-0.2, 0) is 14.4 Å². The van der Waals surface area contributed by atoms with E-state index in [0.717, 1.165) is 4.90 Å². The number of amides is 2. The van der Waals surface area contributed by atoms with Gasteiger partial charge in [0.25, 0.3) is 0 Å². The van der Waals surface area contributed by atoms with Crippen molar-refractivity contribution in [2.45, 2.75) is 67.8 Å². The summed E-state index contributed by atoms with van der Waals surface area (Å²) in [6.45, 7) is 4.65. The number of carboxylic acids is 1. The fourth-order valence-electron chi connectivity index (χ4n) is 4.28. The molecule has 10 nitrogen and oxygen atoms in total. The number of allylic oxidation sites excluding steroid dienone is 1. The van der Waals surface area contributed by atoms with Crippen LogP contribution in [0.1, 0.15) is 40.5 Å². The van der Waals surface area contributed by atoms with Crippen molar-refractivity contribution in [3.8, 4) is 0 Å². The van der Waals surface area contributed by atoms with Crippen LogP contribution >= 0.6 is 67.8 Å². The second-order valence-electron chi connectivity index (χ2n) is 8.03. The molecule has 0 bridgehead atoms. The Morgan fingerprint density at radius 2 is 1.50 bits per heavy atom. The Balaban J connectivity index is 4.48. The van der Waals surface area contributed by atoms with Gasteiger partial charge in [-0.1, -0.05) is 36.4 Å². The molecule has 0 spiro atoms. The van der Waals surface area contributed by atoms with Crippen molar-refractivity contribution in [2.24, 2.45) is 0 Å². The van der Waals surface area contributed by atoms with Gasteiger partial charge in [-0.15, -0.1) is 0 Å². The molecule has 0 radical (unpaired) electrons. The molecule has 1 aliphatic carbocycles. The minimum Gasteiger partial charge on any atom is -0.478 e. The summed E-state index contributed by atoms with van der Waals surface area (Å²) in [6.07, 6.45) is -4.04. The molecule has 0 saturated carbocycles. The Morgan fingerprint density at radius 3 is 1.85 bits per heavy atom. The highest BCUT2D eigenvalue weighted by Crippen LogP contribution is 2.60. The van der Waals surface area contributed by atoms with E-state index in [4.69, 9.17) is 0 Å². The number of nitrogens with zero attached hydrogens (tertiary/aromatic N) is 2. The molecular formula is C21H31I3N2O8. The van der Waals surface area contributed by atoms with Crippen molar-refractivity contribution in [2.75, 3.05) is 20.2 Å². The van der Waals surface area contributed by atoms with Gasteiger partial charge >= 0.3 is 5.97 Å². The number of aliphatic hydroxyl groups excluding tert-OH is 4. The number of rotatable bonds is 10. The summed E-state index contributed by atoms with van der Waals surface area (Å²) in [5.74, 6) is -2.42. The fourth-order valence-corrected chi connectivity index (χ4v) is 10.7. The number of aliphatic carboxylic acids is 1. The van der Waals surface area contributed by atoms with Crippen LogP contribution in [0.15, 0.2) is 18.4 Å². The first-order valence-electron chi connectivity index (χ1n) is 10.5. The lowest BCUT2D eigenvalue weighted by molar-refractivity contribution is -0.148. The lowest BCUT2D eigenvalue weighted by atomic mass is 9.66. The van der Waals surface area contributed by atoms with Crippen LogP contribution in [0.25, 0.3) is 0 Å². The van der Waals surface area contributed by atoms with E-state index in [1.165, 1.54) is 25.8 Å². The molecule has 0 saturated heterocycles. The fraction of sp³-hybridized carbons (Fsp3) is 0.667. The molecule has 194 valence electrons. The SMILES string of the molecule is CCC(O)C1(I)C(C(=O)O)=C(I)C(N(C)C(C)=O)=C(I)C1(C(O)CC)N(CC(O)CO)C(C)=O. The van der Waals surface area contributed by atoms with Crippen LogP contribution in [-0.4, -0.2) is 101 Å². The van der Waals surface area contributed by atoms with Gasteiger partial charge in [0, 0.05) is 34.6 Å². The predicted molar refractivity (Wildman–Crippen MR) is 151 cm³/mol. The largest absolute Gasteiger partial charge is 0.478 e. The van der Waals surface area contributed by atoms with Gasteiger partial charge in [-0.05, 0) is 58.0 Å². The quantitative estimate of drug-likeness (QED) is 0.164. The third-order valence-corrected chi connectivity index (χ3v) is 10.5. The Labute approximate surface area is 239 Å². The highest BCUT2D eigenvalue weighted by atomic mass is 127. The number of β-amino-alcohol motifs (C(OH)–C–C–N with tert-alkyl or cyclic N) is 1. The third-order valence-electron chi connectivity index (χ3n) is 6.03. The van der Waals surface area contributed by atoms with E-state index in [9.17, 15) is 39.9 Å². The molecule has 5 N–H and O–H groups in total. The molecule has 13 heteroatoms. The molecule has 0 aliphatic heterocycles. The number of hydrogen-bond donors (Lipinski definition) is 5. The summed E-state index contributed by atoms with van der Waals surface area (Å²) in [5, 5.41) is 53.2. The van der Waals surface area contributed by atoms with E-state index in [-0.39, 0.29) is 31.3 Å². The lowest BCUT2D eigenvalue weighted by Gasteiger charge is -2.59. The standard InChI is InChI=1S/C21H31I3N2O8/c1-6-13(31)20(24)15(19(33)34)16(22)17(25(5)10(3)28)18(23)21(20,14(32)7-2)26(11(4)29)8-12(30)9-27/h12-14,27,30-32H,6-9H2,1-5H3,(H,33,34). The van der Waals surface area contributed by atoms with Crippen LogP contribution in [0.3, 0.4) is 0 Å². The summed E-state index contributed by atoms with van der Waals surface area (Å²) in [5.41, 5.74) is -2.00. The van der Waals surface area contributed by atoms with E-state index in [1.807, 2.05) is 45.2 Å². The molecule has 1 aliphatic rings. The van der Waals surface area contributed by atoms with Crippen molar-refractivity contribution in [3.63, 3.8) is 0 Å². The maximum Gasteiger partial charge on any atom is 0.334 e. The molecule has 0 aromatic rings. The van der Waals surface area contributed by atoms with Crippen molar-refractivity contribution in [1.82, 2.24) is 9.80 Å². The maximum absolute atomic E-state index is 13.1. The second-order valence-corrected chi connectivity index (χ2v) is 11.9. The topological polar surface area (TPSA) is 159 Å². The normalized spacial score (nSPS) is 25.6. The smallest absolute Gasteiger partial charge is 0.334 e. The zero-order valence-corrected chi connectivity index (χ0v) is 26.0. The summed E-state index contributed by atoms with van der Waals surface area (Å²) >= 11 is 5.51. The van der Waals surface area contributed by atoms with Crippen LogP contribution in [0.2, 0.25) is 0 Å². The predicted octanol–water partition coefficient (Wildman–Crippen LogP) is 1.55. The Bertz CT molecular complexity index is 895. The van der Waals surface area contributed by atoms with Crippen molar-refractivity contribution in [3.05, 3.63) is 18.4 Å². The van der Waals surface area contributed by atoms with Crippen molar-refractivity contribution >= 4 is 85.6 Å². The summed E-state index contributed by atoms with van der Waals surface area (Å²) in [6, 6.07) is 0. The highest BCUT2D eigenvalue weighted by Gasteiger charge is 2.69. The van der Waals surface area contributed by atoms with E-state index in [2.05, 4.69) is 0 Å². The van der Waals surface area contributed by atoms with Crippen LogP contribution in [0.4, 0.5) is 0 Å². The second kappa shape index (κ2) is 12.4. The molecule has 0 aromatic heterocycles. The Kier molecular flexibility index (Phi) is 11.7. The number of carboxylic acid groups (broad SMARTS) is 1. The van der Waals surface area contributed by atoms with Crippen molar-refractivity contribution in [1.29, 1.82) is 0 Å². The minimum atomic E-state index is -1.90. The van der Waals surface area contributed by atoms with Crippen LogP contribution < -0.4 is 0 Å². The third kappa shape index (κ3) is 5.16. The Morgan fingerprint density at radius 1 is 1.00 bits per heavy atom. The van der Waals surface area contributed by atoms with Crippen LogP contribution in [0, 0.1) is 0 Å². The first-order chi connectivity index (χ1) is 15.6. The number of alkyl halides is 1. The minimum absolute atomic E-state index is 0.0488. The van der Waals surface area contributed by atoms with E-state index < -0.39 is 58.2 Å². The number of carbonyl (C=O) groups excluding carboxylic acids is 2. The first kappa shape index (κ1) is 31.9. The van der Waals surface area contributed by atoms with Gasteiger partial charge in [-0.3, -0.25) is 9.59 Å². The zero-order valence-electron chi connectivity index (χ0n) is 19.5. The molecule has 34 heavy (non-hydrogen) atoms. The summed E-state index contributed by atoms with van der Waals surface area (Å²) in [4.78, 5) is 40.6. The van der Waals surface area contributed by atoms with E-state index in [1.54, 1.807) is 36.4 Å². The van der Waals surface area contributed by atoms with Crippen LogP contribution in [0.5, 0.6) is 0 Å². The number of hydrogen-bond acceptors (Lipinski definition) is 7. The summed E-state index contributed by atoms with van der Waals surface area (Å²) < 4.78 is -1.36. The van der Waals surface area contributed by atoms with Gasteiger partial charge in [0.05, 0.1) is 36.2 Å². The first-order valence-corrected chi connectivity index (χ1v) is 13.8. The molecular weight excluding hydrogens is 789 g/mol. The molecule has 5 unspecified atom stereocenters. The van der Waals surface area contributed by atoms with Gasteiger partial charge in [-0.25, -0.2) is 4.79 Å². The monoisotopic (exact) mass is 820 g/mol. The van der Waals surface area contributed by atoms with E-state index in [0.29, 0.717) is 0 Å². The van der Waals surface area contributed by atoms with Gasteiger partial charge in [-0.2, -0.15) is 0 Å². The molecule has 0 fully saturated rings. The summed E-state index contributed by atoms with van der Waals surface area (Å²) in [7, 11) is 1.45. The van der Waals surface area contributed by atoms with Gasteiger partial charge in [0.15, 0.2) is 0 Å². The van der Waals surface area contributed by atoms with Crippen molar-refractivity contribution < 1.29 is 39.9 Å². The highest BCUT2D eigenvalue weighted by molar-refractivity contribution is 14.1. The zero-order chi connectivity index (χ0) is 26.8. The average molecular weight is 820 g/mol. The number of halogens is 3. The maximum atomic E-state index is 13.1. The lowest BCUT2D eigenvalue weighted by Crippen LogP contribution is -2.75. The molecule has 0 aromatic carbocycles. The van der Waals surface area contributed by atoms with Gasteiger partial charge in [0.2, 0.25) is 11.8 Å². The molecule has 2 amide bonds. The molecule has 5 atom stereocenters. The van der Waals surface area contributed by atoms with Gasteiger partial charge in [0.1, 0.15) is 8.96 Å².